The lowest BCUT2D eigenvalue weighted by Gasteiger charge is -2.38. The summed E-state index contributed by atoms with van der Waals surface area (Å²) in [7, 11) is 1.58. The van der Waals surface area contributed by atoms with Gasteiger partial charge in [0.05, 0.1) is 31.8 Å². The molecular formula is C33H37ClN4O7. The van der Waals surface area contributed by atoms with Crippen molar-refractivity contribution in [1.82, 2.24) is 20.9 Å². The first-order valence-electron chi connectivity index (χ1n) is 14.9. The molecule has 4 bridgehead atoms. The monoisotopic (exact) mass is 636 g/mol. The molecule has 0 spiro atoms. The number of urea groups is 1. The van der Waals surface area contributed by atoms with E-state index in [0.29, 0.717) is 60.6 Å². The number of nitrogens with one attached hydrogen (secondary N) is 3. The predicted octanol–water partition coefficient (Wildman–Crippen LogP) is 3.93. The summed E-state index contributed by atoms with van der Waals surface area (Å²) in [5, 5.41) is 9.19. The Bertz CT molecular complexity index is 1500. The first-order chi connectivity index (χ1) is 21.9. The number of methoxy groups -OCH3 is 1. The van der Waals surface area contributed by atoms with Gasteiger partial charge >= 0.3 is 6.03 Å². The van der Waals surface area contributed by atoms with Crippen molar-refractivity contribution >= 4 is 29.4 Å². The zero-order chi connectivity index (χ0) is 31.6. The van der Waals surface area contributed by atoms with Crippen LogP contribution in [0, 0.1) is 0 Å². The van der Waals surface area contributed by atoms with Crippen molar-refractivity contribution in [3.8, 4) is 17.2 Å². The number of piperidine rings is 1. The second kappa shape index (κ2) is 15.6. The lowest BCUT2D eigenvalue weighted by Crippen LogP contribution is -2.58. The van der Waals surface area contributed by atoms with E-state index in [1.807, 2.05) is 36.4 Å². The fraction of sp³-hybridized carbons (Fsp3) is 0.364. The Morgan fingerprint density at radius 3 is 2.69 bits per heavy atom. The van der Waals surface area contributed by atoms with Gasteiger partial charge in [0.1, 0.15) is 23.9 Å². The molecule has 3 aromatic carbocycles. The molecule has 0 saturated carbocycles. The molecule has 3 N–H and O–H groups in total. The highest BCUT2D eigenvalue weighted by atomic mass is 35.5. The van der Waals surface area contributed by atoms with Crippen LogP contribution >= 0.6 is 11.6 Å². The third-order valence-electron chi connectivity index (χ3n) is 7.47. The van der Waals surface area contributed by atoms with E-state index >= 15 is 0 Å². The van der Waals surface area contributed by atoms with Crippen molar-refractivity contribution in [1.29, 1.82) is 0 Å². The maximum absolute atomic E-state index is 13.2. The predicted molar refractivity (Wildman–Crippen MR) is 168 cm³/mol. The third-order valence-corrected chi connectivity index (χ3v) is 7.70. The zero-order valence-electron chi connectivity index (χ0n) is 25.1. The van der Waals surface area contributed by atoms with Crippen LogP contribution in [0.25, 0.3) is 0 Å². The van der Waals surface area contributed by atoms with Crippen molar-refractivity contribution in [3.05, 3.63) is 88.4 Å². The molecule has 3 aromatic rings. The van der Waals surface area contributed by atoms with Crippen molar-refractivity contribution in [3.63, 3.8) is 0 Å². The Kier molecular flexibility index (Phi) is 11.1. The molecule has 238 valence electrons. The molecule has 45 heavy (non-hydrogen) atoms. The van der Waals surface area contributed by atoms with Gasteiger partial charge in [-0.15, -0.1) is 0 Å². The largest absolute Gasteiger partial charge is 0.491 e. The minimum atomic E-state index is -0.459. The van der Waals surface area contributed by atoms with E-state index in [2.05, 4.69) is 16.0 Å². The second-order valence-electron chi connectivity index (χ2n) is 10.8. The van der Waals surface area contributed by atoms with Gasteiger partial charge in [0.2, 0.25) is 5.91 Å². The molecule has 5 rings (SSSR count). The summed E-state index contributed by atoms with van der Waals surface area (Å²) < 4.78 is 23.4. The fourth-order valence-corrected chi connectivity index (χ4v) is 5.42. The lowest BCUT2D eigenvalue weighted by molar-refractivity contribution is -0.135. The standard InChI is InChI=1S/C33H37ClN4O7/c1-42-12-13-43-27-17-24-18-28(19-27)45-26-7-3-5-23(15-26)21-44-30-20-38(31(39)16-22-4-2-6-25(34)14-22)11-8-29(30)37-33(41)36-10-9-35-32(24)40/h2-7,14-15,17-19,29-30H,8-13,16,20-21H2,1H3,(H,35,40)(H2,36,37,41)/t29-,30-/m0/s1. The molecule has 1 fully saturated rings. The van der Waals surface area contributed by atoms with Crippen LogP contribution in [0.5, 0.6) is 17.2 Å². The van der Waals surface area contributed by atoms with Crippen molar-refractivity contribution in [2.45, 2.75) is 31.6 Å². The van der Waals surface area contributed by atoms with Gasteiger partial charge in [-0.1, -0.05) is 35.9 Å². The summed E-state index contributed by atoms with van der Waals surface area (Å²) in [6, 6.07) is 18.9. The maximum Gasteiger partial charge on any atom is 0.315 e. The first kappa shape index (κ1) is 32.1. The van der Waals surface area contributed by atoms with Crippen LogP contribution in [0.3, 0.4) is 0 Å². The van der Waals surface area contributed by atoms with Gasteiger partial charge in [-0.2, -0.15) is 0 Å². The van der Waals surface area contributed by atoms with Gasteiger partial charge in [-0.25, -0.2) is 4.79 Å². The Morgan fingerprint density at radius 2 is 1.84 bits per heavy atom. The molecule has 0 aliphatic carbocycles. The molecule has 11 nitrogen and oxygen atoms in total. The number of hydrogen-bond acceptors (Lipinski definition) is 7. The third kappa shape index (κ3) is 9.34. The number of nitrogens with zero attached hydrogens (tertiary/aromatic N) is 1. The van der Waals surface area contributed by atoms with Gasteiger partial charge in [0, 0.05) is 49.9 Å². The number of amides is 4. The van der Waals surface area contributed by atoms with E-state index in [1.54, 1.807) is 42.3 Å². The average molecular weight is 637 g/mol. The van der Waals surface area contributed by atoms with Crippen LogP contribution in [0.4, 0.5) is 4.79 Å². The number of likely N-dealkylation sites (tertiary alicyclic amines) is 1. The molecule has 2 atom stereocenters. The zero-order valence-corrected chi connectivity index (χ0v) is 25.8. The maximum atomic E-state index is 13.2. The number of carbonyl (C=O) groups is 3. The highest BCUT2D eigenvalue weighted by molar-refractivity contribution is 6.30. The molecule has 2 heterocycles. The van der Waals surface area contributed by atoms with E-state index in [-0.39, 0.29) is 50.0 Å². The highest BCUT2D eigenvalue weighted by Gasteiger charge is 2.33. The van der Waals surface area contributed by atoms with Crippen LogP contribution in [0.15, 0.2) is 66.7 Å². The normalized spacial score (nSPS) is 19.0. The lowest BCUT2D eigenvalue weighted by atomic mass is 10.0. The van der Waals surface area contributed by atoms with Gasteiger partial charge in [0.25, 0.3) is 5.91 Å². The number of benzene rings is 3. The van der Waals surface area contributed by atoms with Crippen molar-refractivity contribution in [2.24, 2.45) is 0 Å². The molecular weight excluding hydrogens is 600 g/mol. The topological polar surface area (TPSA) is 127 Å². The number of fused-ring (bicyclic) bond motifs is 5. The highest BCUT2D eigenvalue weighted by Crippen LogP contribution is 2.29. The second-order valence-corrected chi connectivity index (χ2v) is 11.3. The number of ether oxygens (including phenoxy) is 4. The Morgan fingerprint density at radius 1 is 1.00 bits per heavy atom. The molecule has 2 aliphatic heterocycles. The number of hydrogen-bond donors (Lipinski definition) is 3. The van der Waals surface area contributed by atoms with Gasteiger partial charge in [-0.05, 0) is 53.9 Å². The molecule has 0 aromatic heterocycles. The van der Waals surface area contributed by atoms with Gasteiger partial charge in [-0.3, -0.25) is 9.59 Å². The summed E-state index contributed by atoms with van der Waals surface area (Å²) in [5.74, 6) is 1.06. The number of rotatable bonds is 6. The Labute approximate surface area is 267 Å². The Balaban J connectivity index is 1.34. The van der Waals surface area contributed by atoms with Crippen LogP contribution in [-0.4, -0.2) is 81.4 Å². The molecule has 0 radical (unpaired) electrons. The van der Waals surface area contributed by atoms with Crippen LogP contribution in [0.1, 0.15) is 27.9 Å². The van der Waals surface area contributed by atoms with Crippen molar-refractivity contribution < 1.29 is 33.3 Å². The Hall–Kier alpha value is -4.32. The summed E-state index contributed by atoms with van der Waals surface area (Å²) >= 11 is 6.12. The fourth-order valence-electron chi connectivity index (χ4n) is 5.21. The molecule has 1 saturated heterocycles. The van der Waals surface area contributed by atoms with Gasteiger partial charge in [0.15, 0.2) is 0 Å². The molecule has 0 unspecified atom stereocenters. The van der Waals surface area contributed by atoms with Crippen LogP contribution < -0.4 is 25.4 Å². The smallest absolute Gasteiger partial charge is 0.315 e. The molecule has 2 aliphatic rings. The van der Waals surface area contributed by atoms with Gasteiger partial charge < -0.3 is 39.8 Å². The summed E-state index contributed by atoms with van der Waals surface area (Å²) in [6.07, 6.45) is 0.277. The molecule has 12 heteroatoms. The van der Waals surface area contributed by atoms with E-state index in [4.69, 9.17) is 30.5 Å². The van der Waals surface area contributed by atoms with E-state index in [9.17, 15) is 14.4 Å². The minimum absolute atomic E-state index is 0.0397. The van der Waals surface area contributed by atoms with E-state index in [1.165, 1.54) is 0 Å². The average Bonchev–Trinajstić information content (AvgIpc) is 3.02. The summed E-state index contributed by atoms with van der Waals surface area (Å²) in [5.41, 5.74) is 2.02. The number of halogens is 1. The van der Waals surface area contributed by atoms with E-state index in [0.717, 1.165) is 11.1 Å². The minimum Gasteiger partial charge on any atom is -0.491 e. The van der Waals surface area contributed by atoms with Crippen LogP contribution in [0.2, 0.25) is 5.02 Å². The summed E-state index contributed by atoms with van der Waals surface area (Å²) in [6.45, 7) is 2.11. The SMILES string of the molecule is COCCOc1cc2cc(c1)C(=O)NCCNC(=O)N[C@H]1CCN(C(=O)Cc3cccc(Cl)c3)C[C@@H]1OCc1cccc(c1)O2. The summed E-state index contributed by atoms with van der Waals surface area (Å²) in [4.78, 5) is 40.8. The first-order valence-corrected chi connectivity index (χ1v) is 15.2. The van der Waals surface area contributed by atoms with Crippen LogP contribution in [-0.2, 0) is 27.3 Å². The quantitative estimate of drug-likeness (QED) is 0.350. The van der Waals surface area contributed by atoms with Crippen molar-refractivity contribution in [2.75, 3.05) is 46.5 Å². The van der Waals surface area contributed by atoms with E-state index < -0.39 is 6.10 Å². The molecule has 4 amide bonds. The number of carbonyl (C=O) groups excluding carboxylic acids is 3.